The Labute approximate surface area is 164 Å². The van der Waals surface area contributed by atoms with Crippen LogP contribution in [-0.2, 0) is 11.3 Å². The number of benzene rings is 1. The number of hydrogen-bond donors (Lipinski definition) is 0. The zero-order valence-electron chi connectivity index (χ0n) is 17.0. The Kier molecular flexibility index (Phi) is 3.99. The molecule has 1 amide bonds. The molecule has 3 nitrogen and oxygen atoms in total. The maximum Gasteiger partial charge on any atom is 0.228 e. The van der Waals surface area contributed by atoms with Crippen LogP contribution in [0, 0.1) is 22.2 Å². The van der Waals surface area contributed by atoms with Crippen LogP contribution in [0.25, 0.3) is 0 Å². The molecule has 4 bridgehead atoms. The van der Waals surface area contributed by atoms with Crippen molar-refractivity contribution in [1.29, 1.82) is 0 Å². The van der Waals surface area contributed by atoms with Crippen LogP contribution < -0.4 is 0 Å². The van der Waals surface area contributed by atoms with Crippen molar-refractivity contribution in [3.8, 4) is 0 Å². The molecule has 0 N–H and O–H groups in total. The number of piperazine rings is 1. The smallest absolute Gasteiger partial charge is 0.228 e. The Morgan fingerprint density at radius 3 is 2.15 bits per heavy atom. The molecule has 4 aliphatic carbocycles. The molecule has 0 spiro atoms. The lowest BCUT2D eigenvalue weighted by atomic mass is 9.40. The molecule has 3 heteroatoms. The molecule has 1 heterocycles. The lowest BCUT2D eigenvalue weighted by Gasteiger charge is -2.65. The van der Waals surface area contributed by atoms with Crippen molar-refractivity contribution >= 4 is 5.91 Å². The van der Waals surface area contributed by atoms with Gasteiger partial charge in [-0.2, -0.15) is 0 Å². The van der Waals surface area contributed by atoms with E-state index in [0.717, 1.165) is 51.5 Å². The number of rotatable bonds is 3. The zero-order valence-corrected chi connectivity index (χ0v) is 17.0. The zero-order chi connectivity index (χ0) is 18.7. The average Bonchev–Trinajstić information content (AvgIpc) is 2.59. The molecule has 6 rings (SSSR count). The predicted molar refractivity (Wildman–Crippen MR) is 108 cm³/mol. The Balaban J connectivity index is 1.26. The number of carbonyl (C=O) groups is 1. The van der Waals surface area contributed by atoms with Gasteiger partial charge in [-0.05, 0) is 60.8 Å². The Bertz CT molecular complexity index is 703. The molecule has 2 unspecified atom stereocenters. The van der Waals surface area contributed by atoms with Gasteiger partial charge >= 0.3 is 0 Å². The molecule has 4 atom stereocenters. The largest absolute Gasteiger partial charge is 0.340 e. The third-order valence-corrected chi connectivity index (χ3v) is 7.99. The van der Waals surface area contributed by atoms with Crippen molar-refractivity contribution in [2.75, 3.05) is 26.2 Å². The third kappa shape index (κ3) is 3.12. The normalized spacial score (nSPS) is 41.1. The van der Waals surface area contributed by atoms with Gasteiger partial charge in [0.1, 0.15) is 0 Å². The summed E-state index contributed by atoms with van der Waals surface area (Å²) in [6.45, 7) is 9.78. The molecular formula is C24H34N2O. The monoisotopic (exact) mass is 366 g/mol. The molecule has 27 heavy (non-hydrogen) atoms. The molecule has 0 radical (unpaired) electrons. The van der Waals surface area contributed by atoms with E-state index in [-0.39, 0.29) is 5.41 Å². The number of nitrogens with zero attached hydrogens (tertiary/aromatic N) is 2. The number of amides is 1. The van der Waals surface area contributed by atoms with Gasteiger partial charge in [-0.1, -0.05) is 44.2 Å². The number of carbonyl (C=O) groups excluding carboxylic acids is 1. The Hall–Kier alpha value is -1.35. The highest BCUT2D eigenvalue weighted by Crippen LogP contribution is 2.69. The molecule has 146 valence electrons. The van der Waals surface area contributed by atoms with E-state index < -0.39 is 0 Å². The minimum absolute atomic E-state index is 0.0372. The summed E-state index contributed by atoms with van der Waals surface area (Å²) in [6, 6.07) is 10.7. The highest BCUT2D eigenvalue weighted by Gasteiger charge is 2.63. The molecule has 5 fully saturated rings. The SMILES string of the molecule is C[C@]12CC3CC(C(=O)N4CCN(Cc5ccccc5)CC4)(C1)C[C@@](C)(C3)C2. The van der Waals surface area contributed by atoms with Gasteiger partial charge in [-0.3, -0.25) is 9.69 Å². The quantitative estimate of drug-likeness (QED) is 0.795. The van der Waals surface area contributed by atoms with E-state index in [1.807, 2.05) is 0 Å². The van der Waals surface area contributed by atoms with Crippen LogP contribution in [0.2, 0.25) is 0 Å². The molecule has 5 aliphatic rings. The molecule has 1 aromatic carbocycles. The molecular weight excluding hydrogens is 332 g/mol. The van der Waals surface area contributed by atoms with Crippen LogP contribution in [-0.4, -0.2) is 41.9 Å². The molecule has 0 aromatic heterocycles. The van der Waals surface area contributed by atoms with Gasteiger partial charge in [0, 0.05) is 32.7 Å². The van der Waals surface area contributed by atoms with Gasteiger partial charge in [-0.15, -0.1) is 0 Å². The lowest BCUT2D eigenvalue weighted by molar-refractivity contribution is -0.180. The molecule has 4 saturated carbocycles. The second kappa shape index (κ2) is 6.07. The Morgan fingerprint density at radius 2 is 1.56 bits per heavy atom. The first-order valence-electron chi connectivity index (χ1n) is 10.9. The predicted octanol–water partition coefficient (Wildman–Crippen LogP) is 4.33. The van der Waals surface area contributed by atoms with Crippen LogP contribution in [0.5, 0.6) is 0 Å². The van der Waals surface area contributed by atoms with Crippen LogP contribution in [0.3, 0.4) is 0 Å². The van der Waals surface area contributed by atoms with E-state index >= 15 is 0 Å². The van der Waals surface area contributed by atoms with Gasteiger partial charge in [-0.25, -0.2) is 0 Å². The van der Waals surface area contributed by atoms with E-state index in [2.05, 4.69) is 54.0 Å². The van der Waals surface area contributed by atoms with Crippen LogP contribution in [0.4, 0.5) is 0 Å². The minimum Gasteiger partial charge on any atom is -0.340 e. The molecule has 1 saturated heterocycles. The first-order valence-corrected chi connectivity index (χ1v) is 10.9. The van der Waals surface area contributed by atoms with E-state index in [0.29, 0.717) is 16.7 Å². The summed E-state index contributed by atoms with van der Waals surface area (Å²) in [5.41, 5.74) is 2.17. The lowest BCUT2D eigenvalue weighted by Crippen LogP contribution is -2.62. The van der Waals surface area contributed by atoms with Crippen molar-refractivity contribution in [3.63, 3.8) is 0 Å². The van der Waals surface area contributed by atoms with Crippen molar-refractivity contribution < 1.29 is 4.79 Å². The van der Waals surface area contributed by atoms with E-state index in [9.17, 15) is 4.79 Å². The van der Waals surface area contributed by atoms with Gasteiger partial charge in [0.05, 0.1) is 5.41 Å². The minimum atomic E-state index is -0.0372. The topological polar surface area (TPSA) is 23.6 Å². The van der Waals surface area contributed by atoms with Gasteiger partial charge in [0.25, 0.3) is 0 Å². The molecule has 1 aromatic rings. The summed E-state index contributed by atoms with van der Waals surface area (Å²) in [6.07, 6.45) is 7.53. The summed E-state index contributed by atoms with van der Waals surface area (Å²) in [7, 11) is 0. The third-order valence-electron chi connectivity index (χ3n) is 7.99. The first-order chi connectivity index (χ1) is 12.9. The van der Waals surface area contributed by atoms with Crippen LogP contribution in [0.1, 0.15) is 57.9 Å². The van der Waals surface area contributed by atoms with E-state index in [1.54, 1.807) is 0 Å². The van der Waals surface area contributed by atoms with Gasteiger partial charge in [0.15, 0.2) is 0 Å². The standard InChI is InChI=1S/C24H34N2O/c1-22-12-20-13-23(2,16-22)18-24(14-20,17-22)21(27)26-10-8-25(9-11-26)15-19-6-4-3-5-7-19/h3-7,20H,8-18H2,1-2H3/t20?,22-,23+,24?. The summed E-state index contributed by atoms with van der Waals surface area (Å²) in [5.74, 6) is 1.29. The van der Waals surface area contributed by atoms with Crippen molar-refractivity contribution in [2.45, 2.75) is 58.9 Å². The Morgan fingerprint density at radius 1 is 0.926 bits per heavy atom. The fourth-order valence-corrected chi connectivity index (χ4v) is 7.97. The fraction of sp³-hybridized carbons (Fsp3) is 0.708. The summed E-state index contributed by atoms with van der Waals surface area (Å²) < 4.78 is 0. The van der Waals surface area contributed by atoms with Crippen LogP contribution in [0.15, 0.2) is 30.3 Å². The maximum absolute atomic E-state index is 13.7. The summed E-state index contributed by atoms with van der Waals surface area (Å²) in [5, 5.41) is 0. The molecule has 1 aliphatic heterocycles. The van der Waals surface area contributed by atoms with Crippen molar-refractivity contribution in [3.05, 3.63) is 35.9 Å². The summed E-state index contributed by atoms with van der Waals surface area (Å²) >= 11 is 0. The van der Waals surface area contributed by atoms with Crippen molar-refractivity contribution in [2.24, 2.45) is 22.2 Å². The van der Waals surface area contributed by atoms with Crippen molar-refractivity contribution in [1.82, 2.24) is 9.80 Å². The average molecular weight is 367 g/mol. The number of hydrogen-bond acceptors (Lipinski definition) is 2. The summed E-state index contributed by atoms with van der Waals surface area (Å²) in [4.78, 5) is 18.4. The van der Waals surface area contributed by atoms with E-state index in [4.69, 9.17) is 0 Å². The first kappa shape index (κ1) is 17.7. The van der Waals surface area contributed by atoms with E-state index in [1.165, 1.54) is 31.2 Å². The second-order valence-electron chi connectivity index (χ2n) is 11.0. The second-order valence-corrected chi connectivity index (χ2v) is 11.0. The highest BCUT2D eigenvalue weighted by molar-refractivity contribution is 5.83. The van der Waals surface area contributed by atoms with Gasteiger partial charge < -0.3 is 4.90 Å². The van der Waals surface area contributed by atoms with Crippen LogP contribution >= 0.6 is 0 Å². The van der Waals surface area contributed by atoms with Gasteiger partial charge in [0.2, 0.25) is 5.91 Å². The fourth-order valence-electron chi connectivity index (χ4n) is 7.97. The highest BCUT2D eigenvalue weighted by atomic mass is 16.2. The maximum atomic E-state index is 13.7.